The zero-order chi connectivity index (χ0) is 57.8. The lowest BCUT2D eigenvalue weighted by atomic mass is 9.82. The molecule has 1 fully saturated rings. The number of halogens is 10. The molecule has 1 aliphatic heterocycles. The molecule has 0 bridgehead atoms. The Bertz CT molecular complexity index is 2630. The van der Waals surface area contributed by atoms with Crippen LogP contribution in [-0.2, 0) is 36.8 Å². The molecule has 0 aliphatic carbocycles. The van der Waals surface area contributed by atoms with E-state index in [9.17, 15) is 59.4 Å². The van der Waals surface area contributed by atoms with Crippen LogP contribution in [0.4, 0.5) is 59.3 Å². The maximum absolute atomic E-state index is 16.0. The third-order valence-electron chi connectivity index (χ3n) is 12.4. The molecule has 4 amide bonds. The highest BCUT2D eigenvalue weighted by atomic mass is 19.4. The number of amides is 4. The zero-order valence-electron chi connectivity index (χ0n) is 42.9. The van der Waals surface area contributed by atoms with E-state index < -0.39 is 126 Å². The number of hydrogen-bond donors (Lipinski definition) is 6. The first-order chi connectivity index (χ1) is 35.8. The van der Waals surface area contributed by atoms with Crippen molar-refractivity contribution < 1.29 is 82.4 Å². The maximum Gasteiger partial charge on any atom is 0.407 e. The van der Waals surface area contributed by atoms with Crippen molar-refractivity contribution >= 4 is 41.6 Å². The van der Waals surface area contributed by atoms with Gasteiger partial charge in [-0.15, -0.1) is 0 Å². The first kappa shape index (κ1) is 62.4. The molecule has 1 unspecified atom stereocenters. The monoisotopic (exact) mass is 1100 g/mol. The molecule has 27 heteroatoms. The Labute approximate surface area is 436 Å². The molecular formula is C50H59F10N9O8. The van der Waals surface area contributed by atoms with Crippen LogP contribution >= 0.6 is 0 Å². The second-order valence-electron chi connectivity index (χ2n) is 18.9. The van der Waals surface area contributed by atoms with Gasteiger partial charge in [0.15, 0.2) is 0 Å². The van der Waals surface area contributed by atoms with Crippen LogP contribution in [0.3, 0.4) is 0 Å². The van der Waals surface area contributed by atoms with Crippen molar-refractivity contribution in [3.63, 3.8) is 0 Å². The van der Waals surface area contributed by atoms with E-state index in [0.717, 1.165) is 20.0 Å². The summed E-state index contributed by atoms with van der Waals surface area (Å²) in [7, 11) is 1.58. The van der Waals surface area contributed by atoms with Gasteiger partial charge in [-0.1, -0.05) is 24.0 Å². The molecular weight excluding hydrogens is 1040 g/mol. The van der Waals surface area contributed by atoms with Crippen molar-refractivity contribution in [2.45, 2.75) is 110 Å². The van der Waals surface area contributed by atoms with E-state index in [4.69, 9.17) is 10.5 Å². The normalized spacial score (nSPS) is 17.2. The number of nitrogens with two attached hydrogens (primary N) is 1. The van der Waals surface area contributed by atoms with E-state index in [0.29, 0.717) is 81.5 Å². The number of rotatable bonds is 19. The van der Waals surface area contributed by atoms with Gasteiger partial charge in [0.2, 0.25) is 5.91 Å². The number of alkyl carbamates (subject to hydrolysis) is 2. The molecule has 0 saturated carbocycles. The smallest absolute Gasteiger partial charge is 0.407 e. The highest BCUT2D eigenvalue weighted by Gasteiger charge is 2.57. The number of carbonyl (C=O) groups is 4. The quantitative estimate of drug-likeness (QED) is 0.0249. The number of aliphatic hydroxyl groups excluding tert-OH is 1. The van der Waals surface area contributed by atoms with Crippen molar-refractivity contribution in [1.82, 2.24) is 31.4 Å². The molecule has 1 aromatic heterocycles. The Kier molecular flexibility index (Phi) is 21.3. The van der Waals surface area contributed by atoms with Crippen LogP contribution in [0, 0.1) is 34.3 Å². The summed E-state index contributed by atoms with van der Waals surface area (Å²) in [5, 5.41) is 18.4. The van der Waals surface area contributed by atoms with Crippen LogP contribution in [0.25, 0.3) is 5.57 Å². The molecule has 3 aromatic rings. The average molecular weight is 1100 g/mol. The van der Waals surface area contributed by atoms with Gasteiger partial charge in [-0.25, -0.2) is 33.4 Å². The molecule has 2 heterocycles. The Morgan fingerprint density at radius 1 is 0.844 bits per heavy atom. The number of carbonyl (C=O) groups excluding carboxylic acids is 4. The first-order valence-electron chi connectivity index (χ1n) is 23.4. The van der Waals surface area contributed by atoms with E-state index in [1.165, 1.54) is 24.3 Å². The van der Waals surface area contributed by atoms with E-state index in [1.807, 2.05) is 30.7 Å². The van der Waals surface area contributed by atoms with Crippen molar-refractivity contribution in [2.24, 2.45) is 21.6 Å². The number of morpholine rings is 1. The molecule has 4 rings (SSSR count). The minimum absolute atomic E-state index is 0.00473. The molecule has 77 heavy (non-hydrogen) atoms. The fourth-order valence-electron chi connectivity index (χ4n) is 7.70. The number of aliphatic hydroxyl groups is 1. The van der Waals surface area contributed by atoms with Crippen LogP contribution < -0.4 is 32.0 Å². The van der Waals surface area contributed by atoms with E-state index >= 15 is 8.78 Å². The Morgan fingerprint density at radius 3 is 1.82 bits per heavy atom. The van der Waals surface area contributed by atoms with E-state index in [1.54, 1.807) is 17.6 Å². The molecule has 1 saturated heterocycles. The van der Waals surface area contributed by atoms with Gasteiger partial charge in [0.25, 0.3) is 5.91 Å². The number of nitrogens with one attached hydrogen (secondary N) is 4. The molecule has 0 spiro atoms. The highest BCUT2D eigenvalue weighted by Crippen LogP contribution is 2.42. The summed E-state index contributed by atoms with van der Waals surface area (Å²) in [6, 6.07) is 3.91. The number of benzene rings is 2. The Morgan fingerprint density at radius 2 is 1.35 bits per heavy atom. The summed E-state index contributed by atoms with van der Waals surface area (Å²) < 4.78 is 159. The van der Waals surface area contributed by atoms with E-state index in [-0.39, 0.29) is 17.8 Å². The van der Waals surface area contributed by atoms with Crippen molar-refractivity contribution in [3.8, 4) is 11.8 Å². The molecule has 7 N–H and O–H groups in total. The minimum Gasteiger partial charge on any atom is -0.453 e. The lowest BCUT2D eigenvalue weighted by Crippen LogP contribution is -2.63. The number of aliphatic imine (C=N–C) groups is 1. The predicted octanol–water partition coefficient (Wildman–Crippen LogP) is 6.51. The standard InChI is InChI=1S/C50H59F10N9O8/c1-27-23-68(24-28(2)77-27)39-16-15-31(21-62-39)14-11-29-9-12-30(13-10-29)17-37(64-42(71)40(65-45(73)75-7)47(3,4)49(55,56)57)38(70)26-69(67-43(72)41(66-46(74)76-8)48(5,6)50(58,59)60)25-34-35(51)18-32(19-36(34)52)33(20-61)22-63-44(53)54/h9-10,12-13,15-16,18-22,27-28,37-38,40-41,44,70H,17,23-26,61H2,1-8H3,(H,64,71)(H,65,73)(H,66,74)(H,67,72)/t27-,28+,37-,38-,40?,41+/m0/s1. The van der Waals surface area contributed by atoms with Gasteiger partial charge in [-0.2, -0.15) is 35.1 Å². The number of allylic oxidation sites excluding steroid dienone is 1. The molecule has 0 radical (unpaired) electrons. The Balaban J connectivity index is 1.80. The largest absolute Gasteiger partial charge is 0.453 e. The average Bonchev–Trinajstić information content (AvgIpc) is 3.34. The van der Waals surface area contributed by atoms with Crippen LogP contribution in [0.15, 0.2) is 65.9 Å². The van der Waals surface area contributed by atoms with Crippen molar-refractivity contribution in [3.05, 3.63) is 100 Å². The van der Waals surface area contributed by atoms with Crippen molar-refractivity contribution in [2.75, 3.05) is 38.8 Å². The number of nitrogens with zero attached hydrogens (tertiary/aromatic N) is 4. The number of anilines is 1. The lowest BCUT2D eigenvalue weighted by molar-refractivity contribution is -0.221. The summed E-state index contributed by atoms with van der Waals surface area (Å²) in [4.78, 5) is 62.1. The maximum atomic E-state index is 16.0. The third-order valence-corrected chi connectivity index (χ3v) is 12.4. The summed E-state index contributed by atoms with van der Waals surface area (Å²) in [5.41, 5.74) is 0.732. The third kappa shape index (κ3) is 16.9. The first-order valence-corrected chi connectivity index (χ1v) is 23.4. The second kappa shape index (κ2) is 26.2. The molecule has 2 aromatic carbocycles. The number of pyridine rings is 1. The molecule has 17 nitrogen and oxygen atoms in total. The van der Waals surface area contributed by atoms with Crippen molar-refractivity contribution in [1.29, 1.82) is 0 Å². The lowest BCUT2D eigenvalue weighted by Gasteiger charge is -2.38. The van der Waals surface area contributed by atoms with Gasteiger partial charge >= 0.3 is 31.1 Å². The van der Waals surface area contributed by atoms with Crippen LogP contribution in [0.1, 0.15) is 69.4 Å². The van der Waals surface area contributed by atoms with E-state index in [2.05, 4.69) is 41.5 Å². The minimum atomic E-state index is -5.24. The van der Waals surface area contributed by atoms with Crippen LogP contribution in [-0.4, -0.2) is 135 Å². The summed E-state index contributed by atoms with van der Waals surface area (Å²) >= 11 is 0. The van der Waals surface area contributed by atoms with Gasteiger partial charge in [-0.05, 0) is 95.5 Å². The predicted molar refractivity (Wildman–Crippen MR) is 260 cm³/mol. The zero-order valence-corrected chi connectivity index (χ0v) is 42.9. The van der Waals surface area contributed by atoms with Gasteiger partial charge in [-0.3, -0.25) is 15.0 Å². The molecule has 6 atom stereocenters. The number of aromatic nitrogens is 1. The van der Waals surface area contributed by atoms with Gasteiger partial charge < -0.3 is 45.9 Å². The number of alkyl halides is 8. The van der Waals surface area contributed by atoms with Gasteiger partial charge in [0.1, 0.15) is 29.5 Å². The topological polar surface area (TPSA) is 222 Å². The van der Waals surface area contributed by atoms with Crippen LogP contribution in [0.2, 0.25) is 0 Å². The number of methoxy groups -OCH3 is 2. The molecule has 1 aliphatic rings. The fraction of sp³-hybridized carbons (Fsp3) is 0.480. The summed E-state index contributed by atoms with van der Waals surface area (Å²) in [6.07, 6.45) is -13.3. The number of hydrazine groups is 1. The fourth-order valence-corrected chi connectivity index (χ4v) is 7.70. The van der Waals surface area contributed by atoms with Crippen LogP contribution in [0.5, 0.6) is 0 Å². The summed E-state index contributed by atoms with van der Waals surface area (Å²) in [6.45, 7) is 1.83. The molecule has 422 valence electrons. The highest BCUT2D eigenvalue weighted by molar-refractivity contribution is 6.09. The summed E-state index contributed by atoms with van der Waals surface area (Å²) in [5.74, 6) is 0.462. The van der Waals surface area contributed by atoms with Gasteiger partial charge in [0.05, 0.1) is 49.4 Å². The van der Waals surface area contributed by atoms with Gasteiger partial charge in [0, 0.05) is 67.1 Å². The second-order valence-corrected chi connectivity index (χ2v) is 18.9. The Hall–Kier alpha value is -7.18. The number of hydrogen-bond acceptors (Lipinski definition) is 13. The number of ether oxygens (including phenoxy) is 3. The SMILES string of the molecule is COC(=O)NC(C(=O)N[C@@H](Cc1ccc(C#Cc2ccc(N3C[C@@H](C)O[C@@H](C)C3)nc2)cc1)[C@@H](O)CN(Cc1c(F)cc(C(C=NC(F)F)=CN)cc1F)NC(=O)[C@@H](NC(=O)OC)C(C)(C)C(F)(F)F)C(C)(C)C(F)(F)F.